The number of nitrogens with one attached hydrogen (secondary N) is 1. The Bertz CT molecular complexity index is 1250. The van der Waals surface area contributed by atoms with Crippen molar-refractivity contribution in [1.29, 1.82) is 5.26 Å². The largest absolute Gasteiger partial charge is 0.316 e. The quantitative estimate of drug-likeness (QED) is 0.306. The van der Waals surface area contributed by atoms with Crippen LogP contribution in [0.2, 0.25) is 0 Å². The number of fused-ring (bicyclic) bond motifs is 1. The third kappa shape index (κ3) is 5.85. The normalized spacial score (nSPS) is 15.3. The van der Waals surface area contributed by atoms with Crippen LogP contribution in [0.1, 0.15) is 54.6 Å². The van der Waals surface area contributed by atoms with Gasteiger partial charge in [-0.3, -0.25) is 4.79 Å². The monoisotopic (exact) mass is 505 g/mol. The summed E-state index contributed by atoms with van der Waals surface area (Å²) in [5, 5.41) is 22.8. The second-order valence-electron chi connectivity index (χ2n) is 9.92. The third-order valence-electron chi connectivity index (χ3n) is 6.50. The first-order chi connectivity index (χ1) is 16.8. The summed E-state index contributed by atoms with van der Waals surface area (Å²) in [6.07, 6.45) is 5.42. The highest BCUT2D eigenvalue weighted by molar-refractivity contribution is 7.99. The number of thiophene rings is 1. The average Bonchev–Trinajstić information content (AvgIpc) is 3.37. The van der Waals surface area contributed by atoms with Crippen LogP contribution >= 0.6 is 23.1 Å². The van der Waals surface area contributed by atoms with Gasteiger partial charge < -0.3 is 9.88 Å². The molecule has 2 aromatic heterocycles. The average molecular weight is 506 g/mol. The molecule has 1 aliphatic rings. The molecule has 1 N–H and O–H groups in total. The highest BCUT2D eigenvalue weighted by atomic mass is 32.2. The molecule has 0 bridgehead atoms. The summed E-state index contributed by atoms with van der Waals surface area (Å²) in [5.74, 6) is 1.47. The summed E-state index contributed by atoms with van der Waals surface area (Å²) in [6.45, 7) is 11.3. The third-order valence-corrected chi connectivity index (χ3v) is 8.63. The van der Waals surface area contributed by atoms with E-state index in [-0.39, 0.29) is 17.1 Å². The molecule has 1 unspecified atom stereocenters. The van der Waals surface area contributed by atoms with Crippen LogP contribution in [0, 0.1) is 22.7 Å². The van der Waals surface area contributed by atoms with E-state index in [2.05, 4.69) is 61.1 Å². The van der Waals surface area contributed by atoms with Crippen molar-refractivity contribution in [1.82, 2.24) is 14.8 Å². The minimum absolute atomic E-state index is 0.143. The van der Waals surface area contributed by atoms with Gasteiger partial charge in [-0.2, -0.15) is 5.26 Å². The van der Waals surface area contributed by atoms with Gasteiger partial charge in [-0.1, -0.05) is 68.9 Å². The van der Waals surface area contributed by atoms with Crippen LogP contribution in [0.5, 0.6) is 0 Å². The zero-order chi connectivity index (χ0) is 25.0. The minimum Gasteiger partial charge on any atom is -0.316 e. The van der Waals surface area contributed by atoms with Gasteiger partial charge in [0, 0.05) is 17.8 Å². The van der Waals surface area contributed by atoms with Gasteiger partial charge in [-0.15, -0.1) is 28.1 Å². The first kappa shape index (κ1) is 25.2. The Morgan fingerprint density at radius 3 is 2.80 bits per heavy atom. The molecule has 0 radical (unpaired) electrons. The molecule has 6 nitrogen and oxygen atoms in total. The summed E-state index contributed by atoms with van der Waals surface area (Å²) >= 11 is 2.91. The van der Waals surface area contributed by atoms with Crippen LogP contribution in [0.3, 0.4) is 0 Å². The highest BCUT2D eigenvalue weighted by Crippen LogP contribution is 2.44. The molecule has 3 aromatic rings. The number of hydrogen-bond donors (Lipinski definition) is 1. The first-order valence-electron chi connectivity index (χ1n) is 11.8. The van der Waals surface area contributed by atoms with E-state index in [0.29, 0.717) is 34.6 Å². The van der Waals surface area contributed by atoms with E-state index in [4.69, 9.17) is 0 Å². The second-order valence-corrected chi connectivity index (χ2v) is 12.0. The van der Waals surface area contributed by atoms with E-state index >= 15 is 0 Å². The van der Waals surface area contributed by atoms with Gasteiger partial charge in [0.2, 0.25) is 5.91 Å². The lowest BCUT2D eigenvalue weighted by Gasteiger charge is -2.33. The number of hydrogen-bond acceptors (Lipinski definition) is 6. The summed E-state index contributed by atoms with van der Waals surface area (Å²) in [5.41, 5.74) is 3.14. The number of rotatable bonds is 8. The van der Waals surface area contributed by atoms with Crippen molar-refractivity contribution >= 4 is 34.0 Å². The SMILES string of the molecule is C=CCn1c(Cc2ccccc2)nnc1SCC(=O)Nc1sc2c(c1C#N)CCC(C(C)(C)C)C2. The fourth-order valence-electron chi connectivity index (χ4n) is 4.47. The molecular formula is C27H31N5OS2. The number of thioether (sulfide) groups is 1. The number of carbonyl (C=O) groups is 1. The van der Waals surface area contributed by atoms with Crippen molar-refractivity contribution in [3.63, 3.8) is 0 Å². The number of anilines is 1. The number of aromatic nitrogens is 3. The summed E-state index contributed by atoms with van der Waals surface area (Å²) in [7, 11) is 0. The Hall–Kier alpha value is -2.89. The molecule has 2 heterocycles. The maximum Gasteiger partial charge on any atom is 0.235 e. The maximum absolute atomic E-state index is 12.8. The van der Waals surface area contributed by atoms with Gasteiger partial charge in [-0.05, 0) is 41.7 Å². The molecule has 35 heavy (non-hydrogen) atoms. The van der Waals surface area contributed by atoms with Crippen molar-refractivity contribution in [2.75, 3.05) is 11.1 Å². The molecule has 0 fully saturated rings. The molecule has 4 rings (SSSR count). The van der Waals surface area contributed by atoms with Crippen molar-refractivity contribution in [3.05, 3.63) is 70.4 Å². The van der Waals surface area contributed by atoms with Gasteiger partial charge in [0.05, 0.1) is 11.3 Å². The zero-order valence-electron chi connectivity index (χ0n) is 20.5. The van der Waals surface area contributed by atoms with Crippen LogP contribution < -0.4 is 5.32 Å². The lowest BCUT2D eigenvalue weighted by atomic mass is 9.72. The van der Waals surface area contributed by atoms with Crippen LogP contribution in [-0.4, -0.2) is 26.4 Å². The maximum atomic E-state index is 12.8. The number of nitriles is 1. The Morgan fingerprint density at radius 2 is 2.11 bits per heavy atom. The van der Waals surface area contributed by atoms with E-state index in [1.807, 2.05) is 28.8 Å². The number of amides is 1. The van der Waals surface area contributed by atoms with Gasteiger partial charge in [-0.25, -0.2) is 0 Å². The Balaban J connectivity index is 1.43. The van der Waals surface area contributed by atoms with Crippen molar-refractivity contribution in [3.8, 4) is 6.07 Å². The Labute approximate surface area is 215 Å². The molecule has 1 aromatic carbocycles. The lowest BCUT2D eigenvalue weighted by Crippen LogP contribution is -2.26. The molecule has 0 spiro atoms. The number of nitrogens with zero attached hydrogens (tertiary/aromatic N) is 4. The van der Waals surface area contributed by atoms with E-state index in [1.54, 1.807) is 11.3 Å². The van der Waals surface area contributed by atoms with Crippen LogP contribution in [0.25, 0.3) is 0 Å². The molecular weight excluding hydrogens is 474 g/mol. The number of benzene rings is 1. The lowest BCUT2D eigenvalue weighted by molar-refractivity contribution is -0.113. The minimum atomic E-state index is -0.143. The van der Waals surface area contributed by atoms with Crippen molar-refractivity contribution < 1.29 is 4.79 Å². The van der Waals surface area contributed by atoms with E-state index in [9.17, 15) is 10.1 Å². The fourth-order valence-corrected chi connectivity index (χ4v) is 6.53. The molecule has 1 aliphatic carbocycles. The van der Waals surface area contributed by atoms with Crippen LogP contribution in [-0.2, 0) is 30.6 Å². The van der Waals surface area contributed by atoms with E-state index in [0.717, 1.165) is 36.2 Å². The molecule has 1 amide bonds. The van der Waals surface area contributed by atoms with Crippen molar-refractivity contribution in [2.24, 2.45) is 11.3 Å². The van der Waals surface area contributed by atoms with Gasteiger partial charge >= 0.3 is 0 Å². The molecule has 0 saturated carbocycles. The predicted molar refractivity (Wildman–Crippen MR) is 143 cm³/mol. The summed E-state index contributed by atoms with van der Waals surface area (Å²) in [4.78, 5) is 14.1. The summed E-state index contributed by atoms with van der Waals surface area (Å²) in [6, 6.07) is 12.5. The molecule has 1 atom stereocenters. The summed E-state index contributed by atoms with van der Waals surface area (Å²) < 4.78 is 2.00. The van der Waals surface area contributed by atoms with Crippen LogP contribution in [0.15, 0.2) is 48.1 Å². The fraction of sp³-hybridized carbons (Fsp3) is 0.407. The number of carbonyl (C=O) groups excluding carboxylic acids is 1. The number of allylic oxidation sites excluding steroid dienone is 1. The van der Waals surface area contributed by atoms with Gasteiger partial charge in [0.15, 0.2) is 5.16 Å². The van der Waals surface area contributed by atoms with Gasteiger partial charge in [0.1, 0.15) is 16.9 Å². The molecule has 8 heteroatoms. The molecule has 182 valence electrons. The smallest absolute Gasteiger partial charge is 0.235 e. The highest BCUT2D eigenvalue weighted by Gasteiger charge is 2.32. The molecule has 0 saturated heterocycles. The topological polar surface area (TPSA) is 83.6 Å². The van der Waals surface area contributed by atoms with Gasteiger partial charge in [0.25, 0.3) is 0 Å². The Morgan fingerprint density at radius 1 is 1.34 bits per heavy atom. The zero-order valence-corrected chi connectivity index (χ0v) is 22.1. The van der Waals surface area contributed by atoms with Crippen LogP contribution in [0.4, 0.5) is 5.00 Å². The molecule has 0 aliphatic heterocycles. The standard InChI is InChI=1S/C27H31N5OS2/c1-5-13-32-23(14-18-9-7-6-8-10-18)30-31-26(32)34-17-24(33)29-25-21(16-28)20-12-11-19(27(2,3)4)15-22(20)35-25/h5-10,19H,1,11-15,17H2,2-4H3,(H,29,33). The second kappa shape index (κ2) is 10.8. The first-order valence-corrected chi connectivity index (χ1v) is 13.6. The predicted octanol–water partition coefficient (Wildman–Crippen LogP) is 5.87. The van der Waals surface area contributed by atoms with Crippen molar-refractivity contribution in [2.45, 2.75) is 58.2 Å². The van der Waals surface area contributed by atoms with E-state index < -0.39 is 0 Å². The van der Waals surface area contributed by atoms with E-state index in [1.165, 1.54) is 16.6 Å². The Kier molecular flexibility index (Phi) is 7.78.